The van der Waals surface area contributed by atoms with E-state index in [4.69, 9.17) is 5.73 Å². The van der Waals surface area contributed by atoms with Crippen LogP contribution in [0.3, 0.4) is 0 Å². The molecule has 124 valence electrons. The standard InChI is InChI=1S/C16H21N3O4/c17-14(20)12-6-8-19(9-7-12)16(23)18-13(15(21)22)10-11-4-2-1-3-5-11/h1-5,12-13H,6-10H2,(H2,17,20)(H,18,23)(H,21,22). The van der Waals surface area contributed by atoms with Crippen molar-refractivity contribution >= 4 is 17.9 Å². The molecule has 1 heterocycles. The molecule has 1 fully saturated rings. The predicted octanol–water partition coefficient (Wildman–Crippen LogP) is 0.589. The van der Waals surface area contributed by atoms with E-state index in [1.807, 2.05) is 30.3 Å². The second kappa shape index (κ2) is 7.62. The van der Waals surface area contributed by atoms with Gasteiger partial charge >= 0.3 is 12.0 Å². The van der Waals surface area contributed by atoms with Crippen molar-refractivity contribution in [3.05, 3.63) is 35.9 Å². The number of carbonyl (C=O) groups excluding carboxylic acids is 2. The fourth-order valence-corrected chi connectivity index (χ4v) is 2.66. The zero-order chi connectivity index (χ0) is 16.8. The largest absolute Gasteiger partial charge is 0.480 e. The lowest BCUT2D eigenvalue weighted by atomic mass is 9.96. The number of aliphatic carboxylic acids is 1. The minimum atomic E-state index is -1.07. The number of nitrogens with one attached hydrogen (secondary N) is 1. The second-order valence-electron chi connectivity index (χ2n) is 5.69. The van der Waals surface area contributed by atoms with E-state index in [9.17, 15) is 19.5 Å². The molecule has 0 aliphatic carbocycles. The van der Waals surface area contributed by atoms with E-state index in [-0.39, 0.29) is 18.2 Å². The van der Waals surface area contributed by atoms with Gasteiger partial charge in [-0.1, -0.05) is 30.3 Å². The molecule has 1 saturated heterocycles. The van der Waals surface area contributed by atoms with Crippen LogP contribution >= 0.6 is 0 Å². The number of rotatable bonds is 5. The van der Waals surface area contributed by atoms with E-state index < -0.39 is 18.0 Å². The van der Waals surface area contributed by atoms with Gasteiger partial charge in [0.15, 0.2) is 0 Å². The maximum Gasteiger partial charge on any atom is 0.326 e. The molecule has 7 heteroatoms. The van der Waals surface area contributed by atoms with E-state index in [1.165, 1.54) is 4.90 Å². The first kappa shape index (κ1) is 16.8. The van der Waals surface area contributed by atoms with Crippen LogP contribution in [0.2, 0.25) is 0 Å². The second-order valence-corrected chi connectivity index (χ2v) is 5.69. The lowest BCUT2D eigenvalue weighted by Gasteiger charge is -2.31. The molecule has 1 aliphatic rings. The van der Waals surface area contributed by atoms with Gasteiger partial charge in [0.25, 0.3) is 0 Å². The number of hydrogen-bond acceptors (Lipinski definition) is 3. The van der Waals surface area contributed by atoms with Crippen molar-refractivity contribution in [3.63, 3.8) is 0 Å². The Kier molecular flexibility index (Phi) is 5.56. The summed E-state index contributed by atoms with van der Waals surface area (Å²) >= 11 is 0. The third kappa shape index (κ3) is 4.70. The van der Waals surface area contributed by atoms with Crippen LogP contribution in [-0.2, 0) is 16.0 Å². The van der Waals surface area contributed by atoms with E-state index in [0.29, 0.717) is 25.9 Å². The molecular formula is C16H21N3O4. The number of primary amides is 1. The van der Waals surface area contributed by atoms with Crippen LogP contribution in [0.1, 0.15) is 18.4 Å². The van der Waals surface area contributed by atoms with Crippen LogP contribution < -0.4 is 11.1 Å². The number of likely N-dealkylation sites (tertiary alicyclic amines) is 1. The Morgan fingerprint density at radius 3 is 2.35 bits per heavy atom. The number of hydrogen-bond donors (Lipinski definition) is 3. The smallest absolute Gasteiger partial charge is 0.326 e. The molecule has 0 spiro atoms. The van der Waals surface area contributed by atoms with Crippen molar-refractivity contribution in [3.8, 4) is 0 Å². The van der Waals surface area contributed by atoms with Crippen LogP contribution in [-0.4, -0.2) is 47.0 Å². The lowest BCUT2D eigenvalue weighted by Crippen LogP contribution is -2.51. The molecule has 1 atom stereocenters. The third-order valence-electron chi connectivity index (χ3n) is 4.06. The van der Waals surface area contributed by atoms with Crippen molar-refractivity contribution in [1.82, 2.24) is 10.2 Å². The summed E-state index contributed by atoms with van der Waals surface area (Å²) < 4.78 is 0. The zero-order valence-corrected chi connectivity index (χ0v) is 12.8. The Balaban J connectivity index is 1.91. The average molecular weight is 319 g/mol. The van der Waals surface area contributed by atoms with Crippen molar-refractivity contribution in [1.29, 1.82) is 0 Å². The summed E-state index contributed by atoms with van der Waals surface area (Å²) in [5, 5.41) is 11.9. The van der Waals surface area contributed by atoms with Crippen LogP contribution in [0.5, 0.6) is 0 Å². The van der Waals surface area contributed by atoms with Gasteiger partial charge in [0.1, 0.15) is 6.04 Å². The Hall–Kier alpha value is -2.57. The van der Waals surface area contributed by atoms with Crippen molar-refractivity contribution in [2.75, 3.05) is 13.1 Å². The molecule has 1 aromatic rings. The van der Waals surface area contributed by atoms with Gasteiger partial charge in [0.2, 0.25) is 5.91 Å². The number of carboxylic acid groups (broad SMARTS) is 1. The molecule has 23 heavy (non-hydrogen) atoms. The molecule has 1 unspecified atom stereocenters. The number of nitrogens with two attached hydrogens (primary N) is 1. The Morgan fingerprint density at radius 1 is 1.22 bits per heavy atom. The summed E-state index contributed by atoms with van der Waals surface area (Å²) in [6.45, 7) is 0.800. The van der Waals surface area contributed by atoms with Crippen LogP contribution in [0.25, 0.3) is 0 Å². The number of amides is 3. The van der Waals surface area contributed by atoms with Crippen LogP contribution in [0.15, 0.2) is 30.3 Å². The number of nitrogens with zero attached hydrogens (tertiary/aromatic N) is 1. The minimum Gasteiger partial charge on any atom is -0.480 e. The van der Waals surface area contributed by atoms with Crippen molar-refractivity contribution in [2.24, 2.45) is 11.7 Å². The third-order valence-corrected chi connectivity index (χ3v) is 4.06. The summed E-state index contributed by atoms with van der Waals surface area (Å²) in [6.07, 6.45) is 1.25. The highest BCUT2D eigenvalue weighted by atomic mass is 16.4. The first-order chi connectivity index (χ1) is 11.0. The molecule has 7 nitrogen and oxygen atoms in total. The van der Waals surface area contributed by atoms with Gasteiger partial charge in [-0.15, -0.1) is 0 Å². The molecule has 2 rings (SSSR count). The van der Waals surface area contributed by atoms with Crippen LogP contribution in [0, 0.1) is 5.92 Å². The van der Waals surface area contributed by atoms with Gasteiger partial charge in [-0.2, -0.15) is 0 Å². The van der Waals surface area contributed by atoms with Crippen LogP contribution in [0.4, 0.5) is 4.79 Å². The molecule has 0 aromatic heterocycles. The first-order valence-corrected chi connectivity index (χ1v) is 7.59. The normalized spacial score (nSPS) is 16.6. The maximum absolute atomic E-state index is 12.2. The quantitative estimate of drug-likeness (QED) is 0.737. The van der Waals surface area contributed by atoms with Gasteiger partial charge in [0, 0.05) is 25.4 Å². The van der Waals surface area contributed by atoms with Gasteiger partial charge < -0.3 is 21.1 Å². The van der Waals surface area contributed by atoms with Gasteiger partial charge in [-0.25, -0.2) is 9.59 Å². The van der Waals surface area contributed by atoms with Crippen molar-refractivity contribution < 1.29 is 19.5 Å². The van der Waals surface area contributed by atoms with E-state index in [0.717, 1.165) is 5.56 Å². The van der Waals surface area contributed by atoms with Gasteiger partial charge in [0.05, 0.1) is 0 Å². The first-order valence-electron chi connectivity index (χ1n) is 7.59. The summed E-state index contributed by atoms with van der Waals surface area (Å²) in [6, 6.07) is 7.73. The molecule has 3 amide bonds. The summed E-state index contributed by atoms with van der Waals surface area (Å²) in [5.74, 6) is -1.63. The molecule has 0 radical (unpaired) electrons. The maximum atomic E-state index is 12.2. The molecule has 1 aromatic carbocycles. The summed E-state index contributed by atoms with van der Waals surface area (Å²) in [7, 11) is 0. The molecular weight excluding hydrogens is 298 g/mol. The average Bonchev–Trinajstić information content (AvgIpc) is 2.55. The Bertz CT molecular complexity index is 568. The van der Waals surface area contributed by atoms with E-state index >= 15 is 0 Å². The van der Waals surface area contributed by atoms with Gasteiger partial charge in [-0.3, -0.25) is 4.79 Å². The number of urea groups is 1. The fraction of sp³-hybridized carbons (Fsp3) is 0.438. The summed E-state index contributed by atoms with van der Waals surface area (Å²) in [4.78, 5) is 36.2. The Labute approximate surface area is 134 Å². The molecule has 1 aliphatic heterocycles. The predicted molar refractivity (Wildman–Crippen MR) is 83.6 cm³/mol. The highest BCUT2D eigenvalue weighted by Crippen LogP contribution is 2.16. The monoisotopic (exact) mass is 319 g/mol. The van der Waals surface area contributed by atoms with E-state index in [1.54, 1.807) is 0 Å². The SMILES string of the molecule is NC(=O)C1CCN(C(=O)NC(Cc2ccccc2)C(=O)O)CC1. The molecule has 0 saturated carbocycles. The number of carboxylic acids is 1. The highest BCUT2D eigenvalue weighted by Gasteiger charge is 2.28. The zero-order valence-electron chi connectivity index (χ0n) is 12.8. The number of carbonyl (C=O) groups is 3. The molecule has 4 N–H and O–H groups in total. The fourth-order valence-electron chi connectivity index (χ4n) is 2.66. The number of benzene rings is 1. The van der Waals surface area contributed by atoms with E-state index in [2.05, 4.69) is 5.32 Å². The topological polar surface area (TPSA) is 113 Å². The highest BCUT2D eigenvalue weighted by molar-refractivity contribution is 5.83. The minimum absolute atomic E-state index is 0.210. The van der Waals surface area contributed by atoms with Crippen molar-refractivity contribution in [2.45, 2.75) is 25.3 Å². The number of piperidine rings is 1. The lowest BCUT2D eigenvalue weighted by molar-refractivity contribution is -0.139. The van der Waals surface area contributed by atoms with Gasteiger partial charge in [-0.05, 0) is 18.4 Å². The Morgan fingerprint density at radius 2 is 1.83 bits per heavy atom. The molecule has 0 bridgehead atoms. The summed E-state index contributed by atoms with van der Waals surface area (Å²) in [5.41, 5.74) is 6.10.